The zero-order valence-electron chi connectivity index (χ0n) is 13.0. The van der Waals surface area contributed by atoms with Gasteiger partial charge in [0.25, 0.3) is 0 Å². The van der Waals surface area contributed by atoms with Crippen molar-refractivity contribution in [1.29, 1.82) is 0 Å². The minimum atomic E-state index is -0.379. The minimum absolute atomic E-state index is 0.0561. The Balaban J connectivity index is 2.60. The van der Waals surface area contributed by atoms with Gasteiger partial charge in [0.15, 0.2) is 0 Å². The summed E-state index contributed by atoms with van der Waals surface area (Å²) >= 11 is 0. The molecule has 1 aliphatic heterocycles. The lowest BCUT2D eigenvalue weighted by atomic mass is 9.97. The van der Waals surface area contributed by atoms with Crippen LogP contribution in [0, 0.1) is 0 Å². The molecule has 1 fully saturated rings. The van der Waals surface area contributed by atoms with Gasteiger partial charge in [0.2, 0.25) is 5.91 Å². The molecular weight excluding hydrogens is 240 g/mol. The second-order valence-corrected chi connectivity index (χ2v) is 6.39. The lowest BCUT2D eigenvalue weighted by Crippen LogP contribution is -2.48. The maximum atomic E-state index is 11.8. The molecule has 1 aliphatic rings. The van der Waals surface area contributed by atoms with Gasteiger partial charge in [0.05, 0.1) is 0 Å². The lowest BCUT2D eigenvalue weighted by molar-refractivity contribution is -0.135. The normalized spacial score (nSPS) is 24.5. The number of likely N-dealkylation sites (tertiary alicyclic amines) is 1. The zero-order valence-corrected chi connectivity index (χ0v) is 13.0. The molecule has 4 heteroatoms. The van der Waals surface area contributed by atoms with Crippen molar-refractivity contribution in [2.45, 2.75) is 71.0 Å². The van der Waals surface area contributed by atoms with E-state index in [2.05, 4.69) is 18.9 Å². The zero-order chi connectivity index (χ0) is 14.6. The Morgan fingerprint density at radius 1 is 1.42 bits per heavy atom. The second kappa shape index (κ2) is 6.51. The van der Waals surface area contributed by atoms with Crippen LogP contribution in [0.25, 0.3) is 0 Å². The average molecular weight is 268 g/mol. The maximum absolute atomic E-state index is 11.8. The van der Waals surface area contributed by atoms with Crippen LogP contribution in [0.3, 0.4) is 0 Å². The van der Waals surface area contributed by atoms with E-state index in [-0.39, 0.29) is 11.4 Å². The molecule has 4 nitrogen and oxygen atoms in total. The molecule has 0 saturated carbocycles. The SMILES string of the molecule is CC(=O)N(CC[C@H]1CC[C@@H](C)N1C)C(C)(C)CC=O. The molecule has 0 aliphatic carbocycles. The molecule has 0 aromatic rings. The van der Waals surface area contributed by atoms with Gasteiger partial charge in [-0.3, -0.25) is 4.79 Å². The molecular formula is C15H28N2O2. The first-order chi connectivity index (χ1) is 8.79. The van der Waals surface area contributed by atoms with Crippen LogP contribution in [0.15, 0.2) is 0 Å². The van der Waals surface area contributed by atoms with Crippen molar-refractivity contribution >= 4 is 12.2 Å². The first-order valence-corrected chi connectivity index (χ1v) is 7.23. The van der Waals surface area contributed by atoms with E-state index in [4.69, 9.17) is 0 Å². The summed E-state index contributed by atoms with van der Waals surface area (Å²) in [5.41, 5.74) is -0.379. The van der Waals surface area contributed by atoms with Crippen molar-refractivity contribution in [2.24, 2.45) is 0 Å². The van der Waals surface area contributed by atoms with E-state index in [1.807, 2.05) is 18.7 Å². The Morgan fingerprint density at radius 2 is 2.05 bits per heavy atom. The number of hydrogen-bond donors (Lipinski definition) is 0. The number of carbonyl (C=O) groups is 2. The second-order valence-electron chi connectivity index (χ2n) is 6.39. The van der Waals surface area contributed by atoms with Crippen LogP contribution in [-0.4, -0.2) is 53.2 Å². The predicted octanol–water partition coefficient (Wildman–Crippen LogP) is 2.08. The van der Waals surface area contributed by atoms with Crippen LogP contribution in [0.2, 0.25) is 0 Å². The van der Waals surface area contributed by atoms with E-state index in [1.165, 1.54) is 12.8 Å². The molecule has 0 bridgehead atoms. The molecule has 0 unspecified atom stereocenters. The number of amides is 1. The van der Waals surface area contributed by atoms with E-state index in [9.17, 15) is 9.59 Å². The van der Waals surface area contributed by atoms with Gasteiger partial charge in [0, 0.05) is 37.5 Å². The monoisotopic (exact) mass is 268 g/mol. The van der Waals surface area contributed by atoms with Crippen LogP contribution < -0.4 is 0 Å². The summed E-state index contributed by atoms with van der Waals surface area (Å²) in [5.74, 6) is 0.0561. The smallest absolute Gasteiger partial charge is 0.219 e. The standard InChI is InChI=1S/C15H28N2O2/c1-12-6-7-14(16(12)5)8-10-17(13(2)19)15(3,4)9-11-18/h11-12,14H,6-10H2,1-5H3/t12-,14-/m1/s1. The van der Waals surface area contributed by atoms with E-state index < -0.39 is 0 Å². The van der Waals surface area contributed by atoms with Gasteiger partial charge >= 0.3 is 0 Å². The number of aldehydes is 1. The number of nitrogens with zero attached hydrogens (tertiary/aromatic N) is 2. The quantitative estimate of drug-likeness (QED) is 0.692. The predicted molar refractivity (Wildman–Crippen MR) is 77.0 cm³/mol. The lowest BCUT2D eigenvalue weighted by Gasteiger charge is -2.38. The van der Waals surface area contributed by atoms with Crippen molar-refractivity contribution in [3.05, 3.63) is 0 Å². The molecule has 0 aromatic heterocycles. The Labute approximate surface area is 117 Å². The molecule has 0 aromatic carbocycles. The third-order valence-corrected chi connectivity index (χ3v) is 4.57. The van der Waals surface area contributed by atoms with E-state index in [1.54, 1.807) is 6.92 Å². The van der Waals surface area contributed by atoms with E-state index in [0.29, 0.717) is 18.5 Å². The molecule has 110 valence electrons. The van der Waals surface area contributed by atoms with Gasteiger partial charge < -0.3 is 14.6 Å². The van der Waals surface area contributed by atoms with Crippen molar-refractivity contribution < 1.29 is 9.59 Å². The molecule has 2 atom stereocenters. The molecule has 1 heterocycles. The van der Waals surface area contributed by atoms with Crippen LogP contribution in [0.5, 0.6) is 0 Å². The summed E-state index contributed by atoms with van der Waals surface area (Å²) in [6.07, 6.45) is 4.72. The topological polar surface area (TPSA) is 40.6 Å². The van der Waals surface area contributed by atoms with Crippen LogP contribution >= 0.6 is 0 Å². The van der Waals surface area contributed by atoms with Gasteiger partial charge in [-0.25, -0.2) is 0 Å². The van der Waals surface area contributed by atoms with Crippen LogP contribution in [0.4, 0.5) is 0 Å². The average Bonchev–Trinajstić information content (AvgIpc) is 2.60. The van der Waals surface area contributed by atoms with Crippen LogP contribution in [0.1, 0.15) is 53.4 Å². The fourth-order valence-corrected chi connectivity index (χ4v) is 3.03. The van der Waals surface area contributed by atoms with Crippen molar-refractivity contribution in [3.8, 4) is 0 Å². The van der Waals surface area contributed by atoms with Crippen LogP contribution in [-0.2, 0) is 9.59 Å². The number of carbonyl (C=O) groups excluding carboxylic acids is 2. The highest BCUT2D eigenvalue weighted by Crippen LogP contribution is 2.26. The summed E-state index contributed by atoms with van der Waals surface area (Å²) in [4.78, 5) is 26.8. The first kappa shape index (κ1) is 16.2. The number of rotatable bonds is 6. The summed E-state index contributed by atoms with van der Waals surface area (Å²) in [5, 5.41) is 0. The number of hydrogen-bond acceptors (Lipinski definition) is 3. The molecule has 0 spiro atoms. The molecule has 1 rings (SSSR count). The van der Waals surface area contributed by atoms with Gasteiger partial charge in [-0.15, -0.1) is 0 Å². The van der Waals surface area contributed by atoms with Crippen molar-refractivity contribution in [3.63, 3.8) is 0 Å². The highest BCUT2D eigenvalue weighted by atomic mass is 16.2. The molecule has 0 radical (unpaired) electrons. The maximum Gasteiger partial charge on any atom is 0.219 e. The summed E-state index contributed by atoms with van der Waals surface area (Å²) in [7, 11) is 2.16. The van der Waals surface area contributed by atoms with Crippen molar-refractivity contribution in [2.75, 3.05) is 13.6 Å². The van der Waals surface area contributed by atoms with Gasteiger partial charge in [-0.2, -0.15) is 0 Å². The Morgan fingerprint density at radius 3 is 2.47 bits per heavy atom. The molecule has 19 heavy (non-hydrogen) atoms. The fourth-order valence-electron chi connectivity index (χ4n) is 3.03. The minimum Gasteiger partial charge on any atom is -0.337 e. The Hall–Kier alpha value is -0.900. The van der Waals surface area contributed by atoms with E-state index in [0.717, 1.165) is 19.3 Å². The van der Waals surface area contributed by atoms with E-state index >= 15 is 0 Å². The summed E-state index contributed by atoms with van der Waals surface area (Å²) in [6.45, 7) is 8.50. The highest BCUT2D eigenvalue weighted by Gasteiger charge is 2.31. The van der Waals surface area contributed by atoms with Gasteiger partial charge in [0.1, 0.15) is 6.29 Å². The third kappa shape index (κ3) is 4.03. The third-order valence-electron chi connectivity index (χ3n) is 4.57. The summed E-state index contributed by atoms with van der Waals surface area (Å²) < 4.78 is 0. The Bertz CT molecular complexity index is 328. The summed E-state index contributed by atoms with van der Waals surface area (Å²) in [6, 6.07) is 1.20. The molecule has 0 N–H and O–H groups in total. The highest BCUT2D eigenvalue weighted by molar-refractivity contribution is 5.74. The van der Waals surface area contributed by atoms with Gasteiger partial charge in [-0.1, -0.05) is 0 Å². The fraction of sp³-hybridized carbons (Fsp3) is 0.867. The Kier molecular flexibility index (Phi) is 5.53. The first-order valence-electron chi connectivity index (χ1n) is 7.23. The van der Waals surface area contributed by atoms with Gasteiger partial charge in [-0.05, 0) is 47.1 Å². The van der Waals surface area contributed by atoms with Crippen molar-refractivity contribution in [1.82, 2.24) is 9.80 Å². The molecule has 1 saturated heterocycles. The molecule has 1 amide bonds. The largest absolute Gasteiger partial charge is 0.337 e.